The minimum atomic E-state index is -1.35. The Morgan fingerprint density at radius 3 is 2.75 bits per heavy atom. The van der Waals surface area contributed by atoms with Gasteiger partial charge in [0.05, 0.1) is 11.6 Å². The first-order valence-electron chi connectivity index (χ1n) is 3.35. The highest BCUT2D eigenvalue weighted by Crippen LogP contribution is 2.27. The zero-order valence-corrected chi connectivity index (χ0v) is 8.44. The van der Waals surface area contributed by atoms with E-state index < -0.39 is 12.8 Å². The van der Waals surface area contributed by atoms with Gasteiger partial charge in [-0.2, -0.15) is 0 Å². The maximum Gasteiger partial charge on any atom is 0.148 e. The molecule has 66 valence electrons. The number of hydrogen-bond donors (Lipinski definition) is 1. The summed E-state index contributed by atoms with van der Waals surface area (Å²) in [5.41, 5.74) is 0.394. The largest absolute Gasteiger partial charge is 0.393 e. The summed E-state index contributed by atoms with van der Waals surface area (Å²) in [7, 11) is 0. The Hall–Kier alpha value is -0.120. The lowest BCUT2D eigenvalue weighted by atomic mass is 10.1. The fraction of sp³-hybridized carbons (Fsp3) is 0.250. The van der Waals surface area contributed by atoms with Crippen LogP contribution in [0.5, 0.6) is 0 Å². The Kier molecular flexibility index (Phi) is 3.50. The second-order valence-electron chi connectivity index (χ2n) is 2.32. The van der Waals surface area contributed by atoms with Gasteiger partial charge in [-0.3, -0.25) is 0 Å². The Labute approximate surface area is 83.3 Å². The van der Waals surface area contributed by atoms with Gasteiger partial charge in [0.25, 0.3) is 0 Å². The summed E-state index contributed by atoms with van der Waals surface area (Å²) >= 11 is 8.90. The van der Waals surface area contributed by atoms with E-state index in [1.54, 1.807) is 12.1 Å². The molecule has 4 heteroatoms. The third-order valence-corrected chi connectivity index (χ3v) is 2.70. The summed E-state index contributed by atoms with van der Waals surface area (Å²) in [6.07, 6.45) is -1.35. The van der Waals surface area contributed by atoms with Crippen LogP contribution in [-0.2, 0) is 0 Å². The second kappa shape index (κ2) is 4.21. The first-order valence-corrected chi connectivity index (χ1v) is 4.52. The van der Waals surface area contributed by atoms with Gasteiger partial charge in [-0.1, -0.05) is 17.7 Å². The predicted octanol–water partition coefficient (Wildman–Crippen LogP) is 3.11. The fourth-order valence-electron chi connectivity index (χ4n) is 0.813. The third kappa shape index (κ3) is 2.19. The molecule has 1 rings (SSSR count). The van der Waals surface area contributed by atoms with Gasteiger partial charge in [0.1, 0.15) is 6.17 Å². The summed E-state index contributed by atoms with van der Waals surface area (Å²) in [6, 6.07) is 4.73. The molecule has 0 aliphatic carbocycles. The topological polar surface area (TPSA) is 20.2 Å². The van der Waals surface area contributed by atoms with Crippen LogP contribution in [-0.4, -0.2) is 11.7 Å². The maximum absolute atomic E-state index is 12.9. The monoisotopic (exact) mass is 252 g/mol. The number of rotatable bonds is 2. The Bertz CT molecular complexity index is 280. The average Bonchev–Trinajstić information content (AvgIpc) is 2.08. The van der Waals surface area contributed by atoms with Crippen LogP contribution in [0.25, 0.3) is 0 Å². The van der Waals surface area contributed by atoms with Crippen LogP contribution in [0.1, 0.15) is 11.7 Å². The summed E-state index contributed by atoms with van der Waals surface area (Å²) in [5.74, 6) is 0. The van der Waals surface area contributed by atoms with Gasteiger partial charge in [0.2, 0.25) is 0 Å². The molecule has 0 fully saturated rings. The molecule has 12 heavy (non-hydrogen) atoms. The molecule has 0 heterocycles. The Morgan fingerprint density at radius 1 is 1.58 bits per heavy atom. The highest BCUT2D eigenvalue weighted by Gasteiger charge is 2.09. The minimum Gasteiger partial charge on any atom is -0.393 e. The molecule has 1 N–H and O–H groups in total. The normalized spacial score (nSPS) is 13.0. The van der Waals surface area contributed by atoms with Crippen molar-refractivity contribution in [2.45, 2.75) is 6.17 Å². The van der Waals surface area contributed by atoms with Gasteiger partial charge in [-0.25, -0.2) is 4.39 Å². The minimum absolute atomic E-state index is 0.394. The van der Waals surface area contributed by atoms with Crippen molar-refractivity contribution >= 4 is 27.5 Å². The highest BCUT2D eigenvalue weighted by atomic mass is 79.9. The number of halogens is 3. The van der Waals surface area contributed by atoms with Gasteiger partial charge >= 0.3 is 0 Å². The standard InChI is InChI=1S/C8H7BrClFO/c9-6-2-1-5(3-7(6)10)8(11)4-12/h1-3,8,12H,4H2. The van der Waals surface area contributed by atoms with Crippen molar-refractivity contribution in [2.24, 2.45) is 0 Å². The van der Waals surface area contributed by atoms with E-state index in [1.807, 2.05) is 0 Å². The quantitative estimate of drug-likeness (QED) is 0.859. The van der Waals surface area contributed by atoms with Gasteiger partial charge in [-0.15, -0.1) is 0 Å². The van der Waals surface area contributed by atoms with Crippen LogP contribution in [0, 0.1) is 0 Å². The van der Waals surface area contributed by atoms with E-state index in [1.165, 1.54) is 6.07 Å². The van der Waals surface area contributed by atoms with Crippen molar-refractivity contribution in [3.63, 3.8) is 0 Å². The van der Waals surface area contributed by atoms with Gasteiger partial charge in [-0.05, 0) is 33.6 Å². The molecule has 1 nitrogen and oxygen atoms in total. The number of aliphatic hydroxyl groups is 1. The van der Waals surface area contributed by atoms with Gasteiger partial charge in [0, 0.05) is 4.47 Å². The van der Waals surface area contributed by atoms with E-state index >= 15 is 0 Å². The first-order chi connectivity index (χ1) is 5.65. The average molecular weight is 253 g/mol. The van der Waals surface area contributed by atoms with E-state index in [9.17, 15) is 4.39 Å². The Balaban J connectivity index is 2.96. The second-order valence-corrected chi connectivity index (χ2v) is 3.59. The Morgan fingerprint density at radius 2 is 2.25 bits per heavy atom. The van der Waals surface area contributed by atoms with E-state index in [2.05, 4.69) is 15.9 Å². The molecule has 0 aromatic heterocycles. The molecule has 1 aromatic rings. The van der Waals surface area contributed by atoms with Crippen molar-refractivity contribution in [1.29, 1.82) is 0 Å². The molecular formula is C8H7BrClFO. The molecule has 0 bridgehead atoms. The molecule has 0 saturated carbocycles. The summed E-state index contributed by atoms with van der Waals surface area (Å²) in [4.78, 5) is 0. The number of alkyl halides is 1. The fourth-order valence-corrected chi connectivity index (χ4v) is 1.25. The van der Waals surface area contributed by atoms with Gasteiger partial charge < -0.3 is 5.11 Å². The summed E-state index contributed by atoms with van der Waals surface area (Å²) in [5, 5.41) is 8.97. The zero-order chi connectivity index (χ0) is 9.14. The smallest absolute Gasteiger partial charge is 0.148 e. The molecular weight excluding hydrogens is 246 g/mol. The van der Waals surface area contributed by atoms with E-state index in [0.717, 1.165) is 4.47 Å². The lowest BCUT2D eigenvalue weighted by Crippen LogP contribution is -1.96. The van der Waals surface area contributed by atoms with Crippen molar-refractivity contribution < 1.29 is 9.50 Å². The van der Waals surface area contributed by atoms with E-state index in [-0.39, 0.29) is 0 Å². The highest BCUT2D eigenvalue weighted by molar-refractivity contribution is 9.10. The lowest BCUT2D eigenvalue weighted by Gasteiger charge is -2.05. The lowest BCUT2D eigenvalue weighted by molar-refractivity contribution is 0.180. The summed E-state index contributed by atoms with van der Waals surface area (Å²) in [6.45, 7) is -0.516. The molecule has 0 aliphatic heterocycles. The van der Waals surface area contributed by atoms with Crippen LogP contribution in [0.3, 0.4) is 0 Å². The van der Waals surface area contributed by atoms with Crippen molar-refractivity contribution in [2.75, 3.05) is 6.61 Å². The molecule has 0 amide bonds. The molecule has 0 radical (unpaired) electrons. The SMILES string of the molecule is OCC(F)c1ccc(Br)c(Cl)c1. The first kappa shape index (κ1) is 9.96. The number of benzene rings is 1. The van der Waals surface area contributed by atoms with E-state index in [4.69, 9.17) is 16.7 Å². The van der Waals surface area contributed by atoms with Crippen LogP contribution in [0.4, 0.5) is 4.39 Å². The number of hydrogen-bond acceptors (Lipinski definition) is 1. The van der Waals surface area contributed by atoms with Gasteiger partial charge in [0.15, 0.2) is 0 Å². The number of aliphatic hydroxyl groups excluding tert-OH is 1. The third-order valence-electron chi connectivity index (χ3n) is 1.47. The summed E-state index contributed by atoms with van der Waals surface area (Å²) < 4.78 is 13.6. The van der Waals surface area contributed by atoms with E-state index in [0.29, 0.717) is 10.6 Å². The molecule has 0 aliphatic rings. The van der Waals surface area contributed by atoms with Crippen LogP contribution < -0.4 is 0 Å². The van der Waals surface area contributed by atoms with Crippen molar-refractivity contribution in [1.82, 2.24) is 0 Å². The van der Waals surface area contributed by atoms with Crippen LogP contribution in [0.15, 0.2) is 22.7 Å². The molecule has 1 aromatic carbocycles. The van der Waals surface area contributed by atoms with Crippen molar-refractivity contribution in [3.8, 4) is 0 Å². The predicted molar refractivity (Wildman–Crippen MR) is 50.1 cm³/mol. The molecule has 0 spiro atoms. The van der Waals surface area contributed by atoms with Crippen LogP contribution >= 0.6 is 27.5 Å². The maximum atomic E-state index is 12.9. The molecule has 1 atom stereocenters. The molecule has 1 unspecified atom stereocenters. The molecule has 0 saturated heterocycles. The van der Waals surface area contributed by atoms with Crippen molar-refractivity contribution in [3.05, 3.63) is 33.3 Å². The zero-order valence-electron chi connectivity index (χ0n) is 6.10. The van der Waals surface area contributed by atoms with Crippen LogP contribution in [0.2, 0.25) is 5.02 Å².